The lowest BCUT2D eigenvalue weighted by molar-refractivity contribution is -0.114. The summed E-state index contributed by atoms with van der Waals surface area (Å²) in [6.45, 7) is 8.05. The van der Waals surface area contributed by atoms with Crippen LogP contribution in [-0.2, 0) is 9.53 Å². The third kappa shape index (κ3) is 7.61. The van der Waals surface area contributed by atoms with Gasteiger partial charge in [0.05, 0.1) is 5.69 Å². The molecule has 28 heavy (non-hydrogen) atoms. The highest BCUT2D eigenvalue weighted by Gasteiger charge is 2.15. The van der Waals surface area contributed by atoms with E-state index in [0.717, 1.165) is 16.9 Å². The normalized spacial score (nSPS) is 10.9. The van der Waals surface area contributed by atoms with E-state index in [2.05, 4.69) is 25.9 Å². The number of nitrogens with one attached hydrogen (secondary N) is 3. The number of amides is 2. The number of hydrogen-bond donors (Lipinski definition) is 3. The third-order valence-electron chi connectivity index (χ3n) is 3.46. The summed E-state index contributed by atoms with van der Waals surface area (Å²) < 4.78 is 5.18. The van der Waals surface area contributed by atoms with Crippen LogP contribution in [0.1, 0.15) is 34.1 Å². The van der Waals surface area contributed by atoms with Crippen molar-refractivity contribution in [3.63, 3.8) is 0 Å². The zero-order valence-electron chi connectivity index (χ0n) is 16.7. The highest BCUT2D eigenvalue weighted by molar-refractivity contribution is 5.88. The molecule has 0 aliphatic rings. The molecule has 0 spiro atoms. The number of carbonyl (C=O) groups is 2. The molecule has 1 aromatic heterocycles. The molecule has 0 saturated heterocycles. The molecule has 2 rings (SSSR count). The van der Waals surface area contributed by atoms with Crippen molar-refractivity contribution in [2.45, 2.75) is 39.7 Å². The molecule has 1 aromatic carbocycles. The van der Waals surface area contributed by atoms with Crippen LogP contribution in [0.5, 0.6) is 0 Å². The van der Waals surface area contributed by atoms with Crippen molar-refractivity contribution in [1.82, 2.24) is 15.3 Å². The highest BCUT2D eigenvalue weighted by Crippen LogP contribution is 2.20. The second-order valence-corrected chi connectivity index (χ2v) is 7.23. The van der Waals surface area contributed by atoms with Crippen LogP contribution in [0.4, 0.5) is 16.4 Å². The molecule has 8 nitrogen and oxygen atoms in total. The largest absolute Gasteiger partial charge is 0.444 e. The molecule has 0 aliphatic heterocycles. The lowest BCUT2D eigenvalue weighted by Crippen LogP contribution is -2.33. The first-order valence-electron chi connectivity index (χ1n) is 9.15. The molecule has 3 N–H and O–H groups in total. The molecule has 0 radical (unpaired) electrons. The quantitative estimate of drug-likeness (QED) is 0.631. The maximum Gasteiger partial charge on any atom is 0.407 e. The fourth-order valence-corrected chi connectivity index (χ4v) is 2.33. The minimum atomic E-state index is -0.503. The number of hydrogen-bond acceptors (Lipinski definition) is 6. The van der Waals surface area contributed by atoms with Gasteiger partial charge in [-0.15, -0.1) is 0 Å². The van der Waals surface area contributed by atoms with Gasteiger partial charge < -0.3 is 20.7 Å². The molecule has 0 bridgehead atoms. The lowest BCUT2D eigenvalue weighted by atomic mass is 10.1. The van der Waals surface area contributed by atoms with E-state index in [4.69, 9.17) is 4.74 Å². The van der Waals surface area contributed by atoms with Gasteiger partial charge in [0.1, 0.15) is 5.60 Å². The second-order valence-electron chi connectivity index (χ2n) is 7.23. The maximum atomic E-state index is 11.6. The van der Waals surface area contributed by atoms with E-state index in [1.165, 1.54) is 6.92 Å². The Hall–Kier alpha value is -3.16. The fraction of sp³-hybridized carbons (Fsp3) is 0.400. The van der Waals surface area contributed by atoms with Crippen molar-refractivity contribution in [3.8, 4) is 11.3 Å². The summed E-state index contributed by atoms with van der Waals surface area (Å²) in [6, 6.07) is 9.26. The van der Waals surface area contributed by atoms with Gasteiger partial charge in [-0.2, -0.15) is 0 Å². The molecule has 0 fully saturated rings. The molecule has 150 valence electrons. The Morgan fingerprint density at radius 2 is 1.79 bits per heavy atom. The molecule has 1 heterocycles. The number of anilines is 2. The van der Waals surface area contributed by atoms with Crippen molar-refractivity contribution < 1.29 is 14.3 Å². The Morgan fingerprint density at radius 1 is 1.07 bits per heavy atom. The van der Waals surface area contributed by atoms with Gasteiger partial charge in [-0.25, -0.2) is 14.8 Å². The van der Waals surface area contributed by atoms with E-state index in [1.807, 2.05) is 51.1 Å². The molecule has 8 heteroatoms. The average molecular weight is 385 g/mol. The second kappa shape index (κ2) is 9.68. The fourth-order valence-electron chi connectivity index (χ4n) is 2.33. The average Bonchev–Trinajstić information content (AvgIpc) is 2.60. The smallest absolute Gasteiger partial charge is 0.407 e. The lowest BCUT2D eigenvalue weighted by Gasteiger charge is -2.19. The van der Waals surface area contributed by atoms with E-state index in [1.54, 1.807) is 6.20 Å². The van der Waals surface area contributed by atoms with Gasteiger partial charge >= 0.3 is 6.09 Å². The number of carbonyl (C=O) groups excluding carboxylic acids is 2. The van der Waals surface area contributed by atoms with Crippen LogP contribution >= 0.6 is 0 Å². The Balaban J connectivity index is 1.81. The molecule has 2 amide bonds. The van der Waals surface area contributed by atoms with Crippen LogP contribution in [0.25, 0.3) is 11.3 Å². The van der Waals surface area contributed by atoms with Crippen LogP contribution in [0.3, 0.4) is 0 Å². The molecular formula is C20H27N5O3. The van der Waals surface area contributed by atoms with Crippen molar-refractivity contribution in [2.75, 3.05) is 23.7 Å². The van der Waals surface area contributed by atoms with Gasteiger partial charge in [-0.05, 0) is 45.4 Å². The summed E-state index contributed by atoms with van der Waals surface area (Å²) in [6.07, 6.45) is 1.97. The minimum Gasteiger partial charge on any atom is -0.444 e. The summed E-state index contributed by atoms with van der Waals surface area (Å²) in [7, 11) is 0. The highest BCUT2D eigenvalue weighted by atomic mass is 16.6. The third-order valence-corrected chi connectivity index (χ3v) is 3.46. The zero-order valence-corrected chi connectivity index (χ0v) is 16.7. The summed E-state index contributed by atoms with van der Waals surface area (Å²) >= 11 is 0. The van der Waals surface area contributed by atoms with Crippen LogP contribution in [0, 0.1) is 0 Å². The molecule has 0 aliphatic carbocycles. The number of benzene rings is 1. The van der Waals surface area contributed by atoms with Crippen LogP contribution in [0.15, 0.2) is 36.5 Å². The van der Waals surface area contributed by atoms with E-state index >= 15 is 0 Å². The van der Waals surface area contributed by atoms with Crippen molar-refractivity contribution in [1.29, 1.82) is 0 Å². The van der Waals surface area contributed by atoms with Gasteiger partial charge in [0.25, 0.3) is 0 Å². The van der Waals surface area contributed by atoms with Crippen molar-refractivity contribution >= 4 is 23.6 Å². The number of aromatic nitrogens is 2. The molecule has 0 unspecified atom stereocenters. The summed E-state index contributed by atoms with van der Waals surface area (Å²) in [5.41, 5.74) is 1.93. The first-order chi connectivity index (χ1) is 13.2. The molecular weight excluding hydrogens is 358 g/mol. The van der Waals surface area contributed by atoms with E-state index in [9.17, 15) is 9.59 Å². The Morgan fingerprint density at radius 3 is 2.43 bits per heavy atom. The number of alkyl carbamates (subject to hydrolysis) is 1. The van der Waals surface area contributed by atoms with E-state index < -0.39 is 11.7 Å². The predicted molar refractivity (Wildman–Crippen MR) is 109 cm³/mol. The van der Waals surface area contributed by atoms with Crippen molar-refractivity contribution in [3.05, 3.63) is 36.5 Å². The standard InChI is InChI=1S/C20H27N5O3/c1-14(26)24-16-8-6-15(7-9-16)17-10-13-22-18(25-17)21-11-5-12-23-19(27)28-20(2,3)4/h6-10,13H,5,11-12H2,1-4H3,(H,23,27)(H,24,26)(H,21,22,25). The SMILES string of the molecule is CC(=O)Nc1ccc(-c2ccnc(NCCCNC(=O)OC(C)(C)C)n2)cc1. The molecule has 0 saturated carbocycles. The van der Waals surface area contributed by atoms with Crippen molar-refractivity contribution in [2.24, 2.45) is 0 Å². The van der Waals surface area contributed by atoms with Gasteiger partial charge in [0.2, 0.25) is 11.9 Å². The van der Waals surface area contributed by atoms with Crippen LogP contribution in [-0.4, -0.2) is 40.7 Å². The van der Waals surface area contributed by atoms with Crippen LogP contribution < -0.4 is 16.0 Å². The van der Waals surface area contributed by atoms with Gasteiger partial charge in [0.15, 0.2) is 0 Å². The summed E-state index contributed by atoms with van der Waals surface area (Å²) in [4.78, 5) is 31.4. The number of rotatable bonds is 7. The Kier molecular flexibility index (Phi) is 7.31. The monoisotopic (exact) mass is 385 g/mol. The Labute approximate surface area is 165 Å². The van der Waals surface area contributed by atoms with Crippen LogP contribution in [0.2, 0.25) is 0 Å². The first kappa shape index (κ1) is 21.1. The maximum absolute atomic E-state index is 11.6. The number of nitrogens with zero attached hydrogens (tertiary/aromatic N) is 2. The zero-order chi connectivity index (χ0) is 20.6. The first-order valence-corrected chi connectivity index (χ1v) is 9.15. The molecule has 0 atom stereocenters. The number of ether oxygens (including phenoxy) is 1. The Bertz CT molecular complexity index is 800. The van der Waals surface area contributed by atoms with Gasteiger partial charge in [-0.1, -0.05) is 12.1 Å². The topological polar surface area (TPSA) is 105 Å². The summed E-state index contributed by atoms with van der Waals surface area (Å²) in [5.74, 6) is 0.406. The van der Waals surface area contributed by atoms with Gasteiger partial charge in [0, 0.05) is 37.5 Å². The predicted octanol–water partition coefficient (Wildman–Crippen LogP) is 3.43. The van der Waals surface area contributed by atoms with E-state index in [-0.39, 0.29) is 5.91 Å². The molecule has 2 aromatic rings. The van der Waals surface area contributed by atoms with E-state index in [0.29, 0.717) is 25.5 Å². The minimum absolute atomic E-state index is 0.109. The van der Waals surface area contributed by atoms with Gasteiger partial charge in [-0.3, -0.25) is 4.79 Å². The summed E-state index contributed by atoms with van der Waals surface area (Å²) in [5, 5.41) is 8.58.